The van der Waals surface area contributed by atoms with Crippen LogP contribution in [0.3, 0.4) is 0 Å². The Morgan fingerprint density at radius 2 is 1.62 bits per heavy atom. The Morgan fingerprint density at radius 3 is 2.28 bits per heavy atom. The van der Waals surface area contributed by atoms with Crippen LogP contribution in [0.15, 0.2) is 83.8 Å². The highest BCUT2D eigenvalue weighted by Gasteiger charge is 2.21. The Morgan fingerprint density at radius 1 is 0.969 bits per heavy atom. The second-order valence-corrected chi connectivity index (χ2v) is 9.82. The van der Waals surface area contributed by atoms with Gasteiger partial charge in [-0.3, -0.25) is 4.79 Å². The Hall–Kier alpha value is -3.49. The first-order valence-electron chi connectivity index (χ1n) is 10.2. The number of hydrogen-bond acceptors (Lipinski definition) is 4. The lowest BCUT2D eigenvalue weighted by molar-refractivity contribution is 0.0934. The summed E-state index contributed by atoms with van der Waals surface area (Å²) < 4.78 is 25.7. The lowest BCUT2D eigenvalue weighted by atomic mass is 10.0. The van der Waals surface area contributed by atoms with E-state index in [1.165, 1.54) is 38.4 Å². The van der Waals surface area contributed by atoms with Crippen LogP contribution in [0.2, 0.25) is 0 Å². The molecule has 1 amide bonds. The van der Waals surface area contributed by atoms with Gasteiger partial charge in [0.2, 0.25) is 10.0 Å². The SMILES string of the molecule is CN(C)S(=O)(=O)c1ccc(C(=O)N[C@H](Cc2ccccc2)c2nc3ccccc3[nH]2)cc1. The van der Waals surface area contributed by atoms with E-state index in [1.54, 1.807) is 0 Å². The lowest BCUT2D eigenvalue weighted by Gasteiger charge is -2.17. The number of fused-ring (bicyclic) bond motifs is 1. The van der Waals surface area contributed by atoms with Crippen molar-refractivity contribution in [2.45, 2.75) is 17.4 Å². The predicted molar refractivity (Wildman–Crippen MR) is 124 cm³/mol. The zero-order valence-electron chi connectivity index (χ0n) is 17.8. The third-order valence-electron chi connectivity index (χ3n) is 5.22. The van der Waals surface area contributed by atoms with E-state index in [4.69, 9.17) is 0 Å². The van der Waals surface area contributed by atoms with Gasteiger partial charge < -0.3 is 10.3 Å². The number of rotatable bonds is 7. The fraction of sp³-hybridized carbons (Fsp3) is 0.167. The molecule has 1 atom stereocenters. The first-order valence-corrected chi connectivity index (χ1v) is 11.6. The minimum atomic E-state index is -3.55. The van der Waals surface area contributed by atoms with Gasteiger partial charge in [-0.05, 0) is 48.4 Å². The number of H-pyrrole nitrogens is 1. The minimum Gasteiger partial charge on any atom is -0.342 e. The summed E-state index contributed by atoms with van der Waals surface area (Å²) >= 11 is 0. The van der Waals surface area contributed by atoms with Crippen molar-refractivity contribution in [3.63, 3.8) is 0 Å². The van der Waals surface area contributed by atoms with Gasteiger partial charge in [-0.15, -0.1) is 0 Å². The first kappa shape index (κ1) is 21.7. The highest BCUT2D eigenvalue weighted by molar-refractivity contribution is 7.89. The number of amides is 1. The van der Waals surface area contributed by atoms with E-state index in [0.717, 1.165) is 20.9 Å². The van der Waals surface area contributed by atoms with Crippen LogP contribution in [0, 0.1) is 0 Å². The molecular weight excluding hydrogens is 424 g/mol. The number of hydrogen-bond donors (Lipinski definition) is 2. The quantitative estimate of drug-likeness (QED) is 0.452. The summed E-state index contributed by atoms with van der Waals surface area (Å²) in [5.74, 6) is 0.357. The van der Waals surface area contributed by atoms with Crippen LogP contribution in [0.25, 0.3) is 11.0 Å². The smallest absolute Gasteiger partial charge is 0.251 e. The van der Waals surface area contributed by atoms with Crippen molar-refractivity contribution < 1.29 is 13.2 Å². The van der Waals surface area contributed by atoms with E-state index in [2.05, 4.69) is 15.3 Å². The third-order valence-corrected chi connectivity index (χ3v) is 7.05. The summed E-state index contributed by atoms with van der Waals surface area (Å²) in [5.41, 5.74) is 3.16. The molecule has 8 heteroatoms. The van der Waals surface area contributed by atoms with Gasteiger partial charge in [0.15, 0.2) is 0 Å². The van der Waals surface area contributed by atoms with E-state index in [-0.39, 0.29) is 16.8 Å². The van der Waals surface area contributed by atoms with Crippen molar-refractivity contribution >= 4 is 27.0 Å². The molecule has 32 heavy (non-hydrogen) atoms. The molecule has 0 spiro atoms. The van der Waals surface area contributed by atoms with Gasteiger partial charge in [-0.1, -0.05) is 42.5 Å². The van der Waals surface area contributed by atoms with Crippen LogP contribution in [0.1, 0.15) is 27.8 Å². The molecule has 0 saturated heterocycles. The van der Waals surface area contributed by atoms with Crippen molar-refractivity contribution in [2.24, 2.45) is 0 Å². The van der Waals surface area contributed by atoms with Crippen molar-refractivity contribution in [2.75, 3.05) is 14.1 Å². The van der Waals surface area contributed by atoms with E-state index < -0.39 is 10.0 Å². The highest BCUT2D eigenvalue weighted by atomic mass is 32.2. The van der Waals surface area contributed by atoms with E-state index in [1.807, 2.05) is 54.6 Å². The van der Waals surface area contributed by atoms with E-state index in [9.17, 15) is 13.2 Å². The monoisotopic (exact) mass is 448 g/mol. The van der Waals surface area contributed by atoms with Crippen LogP contribution in [0.5, 0.6) is 0 Å². The Balaban J connectivity index is 1.61. The molecule has 3 aromatic carbocycles. The molecule has 1 aromatic heterocycles. The summed E-state index contributed by atoms with van der Waals surface area (Å²) in [7, 11) is -0.615. The van der Waals surface area contributed by atoms with Crippen LogP contribution in [0.4, 0.5) is 0 Å². The fourth-order valence-electron chi connectivity index (χ4n) is 3.43. The molecule has 0 aliphatic rings. The molecule has 0 aliphatic carbocycles. The van der Waals surface area contributed by atoms with Crippen molar-refractivity contribution in [1.29, 1.82) is 0 Å². The summed E-state index contributed by atoms with van der Waals surface area (Å²) in [6.45, 7) is 0. The van der Waals surface area contributed by atoms with Gasteiger partial charge >= 0.3 is 0 Å². The van der Waals surface area contributed by atoms with Crippen molar-refractivity contribution in [1.82, 2.24) is 19.6 Å². The van der Waals surface area contributed by atoms with Gasteiger partial charge in [0, 0.05) is 19.7 Å². The predicted octanol–water partition coefficient (Wildman–Crippen LogP) is 3.53. The number of imidazole rings is 1. The average molecular weight is 449 g/mol. The Kier molecular flexibility index (Phi) is 6.07. The number of nitrogens with zero attached hydrogens (tertiary/aromatic N) is 2. The first-order chi connectivity index (χ1) is 15.3. The lowest BCUT2D eigenvalue weighted by Crippen LogP contribution is -2.31. The third kappa shape index (κ3) is 4.56. The zero-order chi connectivity index (χ0) is 22.7. The van der Waals surface area contributed by atoms with E-state index >= 15 is 0 Å². The Labute approximate surface area is 187 Å². The highest BCUT2D eigenvalue weighted by Crippen LogP contribution is 2.21. The van der Waals surface area contributed by atoms with Gasteiger partial charge in [0.1, 0.15) is 5.82 Å². The normalized spacial score (nSPS) is 12.7. The van der Waals surface area contributed by atoms with Gasteiger partial charge in [0.25, 0.3) is 5.91 Å². The molecule has 4 aromatic rings. The number of aromatic amines is 1. The molecule has 0 saturated carbocycles. The average Bonchev–Trinajstić information content (AvgIpc) is 3.23. The molecule has 1 heterocycles. The van der Waals surface area contributed by atoms with Gasteiger partial charge in [-0.2, -0.15) is 0 Å². The number of aromatic nitrogens is 2. The minimum absolute atomic E-state index is 0.136. The largest absolute Gasteiger partial charge is 0.342 e. The molecule has 0 unspecified atom stereocenters. The molecule has 4 rings (SSSR count). The van der Waals surface area contributed by atoms with Crippen LogP contribution in [-0.4, -0.2) is 42.7 Å². The fourth-order valence-corrected chi connectivity index (χ4v) is 4.34. The molecule has 0 radical (unpaired) electrons. The molecule has 0 aliphatic heterocycles. The summed E-state index contributed by atoms with van der Waals surface area (Å²) in [4.78, 5) is 21.1. The molecule has 0 fully saturated rings. The topological polar surface area (TPSA) is 95.2 Å². The number of benzene rings is 3. The number of carbonyl (C=O) groups is 1. The number of nitrogens with one attached hydrogen (secondary N) is 2. The summed E-state index contributed by atoms with van der Waals surface area (Å²) in [5, 5.41) is 3.05. The second-order valence-electron chi connectivity index (χ2n) is 7.67. The standard InChI is InChI=1S/C24H24N4O3S/c1-28(2)32(30,31)19-14-12-18(13-15-19)24(29)27-22(16-17-8-4-3-5-9-17)23-25-20-10-6-7-11-21(20)26-23/h3-15,22H,16H2,1-2H3,(H,25,26)(H,27,29)/t22-/m1/s1. The van der Waals surface area contributed by atoms with Crippen LogP contribution < -0.4 is 5.32 Å². The maximum Gasteiger partial charge on any atom is 0.251 e. The Bertz CT molecular complexity index is 1300. The molecular formula is C24H24N4O3S. The van der Waals surface area contributed by atoms with Gasteiger partial charge in [0.05, 0.1) is 22.0 Å². The van der Waals surface area contributed by atoms with Crippen molar-refractivity contribution in [3.8, 4) is 0 Å². The molecule has 0 bridgehead atoms. The van der Waals surface area contributed by atoms with E-state index in [0.29, 0.717) is 17.8 Å². The maximum atomic E-state index is 13.0. The van der Waals surface area contributed by atoms with Crippen LogP contribution >= 0.6 is 0 Å². The number of sulfonamides is 1. The second kappa shape index (κ2) is 8.94. The molecule has 2 N–H and O–H groups in total. The van der Waals surface area contributed by atoms with Gasteiger partial charge in [-0.25, -0.2) is 17.7 Å². The summed E-state index contributed by atoms with van der Waals surface area (Å²) in [6, 6.07) is 23.1. The number of carbonyl (C=O) groups excluding carboxylic acids is 1. The maximum absolute atomic E-state index is 13.0. The van der Waals surface area contributed by atoms with Crippen molar-refractivity contribution in [3.05, 3.63) is 95.8 Å². The zero-order valence-corrected chi connectivity index (χ0v) is 18.6. The molecule has 164 valence electrons. The number of para-hydroxylation sites is 2. The van der Waals surface area contributed by atoms with Crippen LogP contribution in [-0.2, 0) is 16.4 Å². The summed E-state index contributed by atoms with van der Waals surface area (Å²) in [6.07, 6.45) is 0.555. The molecule has 7 nitrogen and oxygen atoms in total.